The second-order valence-corrected chi connectivity index (χ2v) is 5.93. The summed E-state index contributed by atoms with van der Waals surface area (Å²) in [5, 5.41) is 10.6. The molecule has 3 rings (SSSR count). The van der Waals surface area contributed by atoms with Crippen LogP contribution in [0.1, 0.15) is 27.8 Å². The van der Waals surface area contributed by atoms with E-state index in [4.69, 9.17) is 9.47 Å². The molecule has 0 aliphatic carbocycles. The van der Waals surface area contributed by atoms with Gasteiger partial charge in [-0.05, 0) is 55.5 Å². The highest BCUT2D eigenvalue weighted by molar-refractivity contribution is 5.94. The summed E-state index contributed by atoms with van der Waals surface area (Å²) in [4.78, 5) is 23.4. The molecular formula is C20H20N4O4. The lowest BCUT2D eigenvalue weighted by Crippen LogP contribution is -2.28. The van der Waals surface area contributed by atoms with E-state index in [1.807, 2.05) is 12.1 Å². The number of carbonyl (C=O) groups excluding carboxylic acids is 2. The van der Waals surface area contributed by atoms with Gasteiger partial charge in [-0.15, -0.1) is 5.10 Å². The van der Waals surface area contributed by atoms with Crippen LogP contribution < -0.4 is 14.8 Å². The molecule has 1 aromatic heterocycles. The molecule has 1 heterocycles. The third-order valence-electron chi connectivity index (χ3n) is 3.98. The van der Waals surface area contributed by atoms with Crippen molar-refractivity contribution in [3.8, 4) is 17.2 Å². The molecule has 0 bridgehead atoms. The Labute approximate surface area is 162 Å². The zero-order valence-electron chi connectivity index (χ0n) is 15.6. The molecule has 8 nitrogen and oxygen atoms in total. The number of ketones is 1. The first kappa shape index (κ1) is 19.1. The number of methoxy groups -OCH3 is 1. The van der Waals surface area contributed by atoms with Crippen molar-refractivity contribution in [2.45, 2.75) is 6.92 Å². The lowest BCUT2D eigenvalue weighted by Gasteiger charge is -2.07. The van der Waals surface area contributed by atoms with Gasteiger partial charge in [0.2, 0.25) is 0 Å². The quantitative estimate of drug-likeness (QED) is 0.476. The largest absolute Gasteiger partial charge is 0.497 e. The maximum atomic E-state index is 12.2. The van der Waals surface area contributed by atoms with Crippen molar-refractivity contribution in [3.63, 3.8) is 0 Å². The molecule has 3 aromatic rings. The van der Waals surface area contributed by atoms with Gasteiger partial charge in [0.15, 0.2) is 11.5 Å². The normalized spacial score (nSPS) is 10.4. The zero-order chi connectivity index (χ0) is 19.9. The van der Waals surface area contributed by atoms with E-state index < -0.39 is 0 Å². The first-order valence-corrected chi connectivity index (χ1v) is 8.65. The number of carbonyl (C=O) groups is 2. The lowest BCUT2D eigenvalue weighted by atomic mass is 10.1. The third-order valence-corrected chi connectivity index (χ3v) is 3.98. The molecule has 2 aromatic carbocycles. The highest BCUT2D eigenvalue weighted by Crippen LogP contribution is 2.14. The first-order valence-electron chi connectivity index (χ1n) is 8.65. The van der Waals surface area contributed by atoms with Gasteiger partial charge in [0.25, 0.3) is 5.91 Å². The average molecular weight is 380 g/mol. The van der Waals surface area contributed by atoms with E-state index in [9.17, 15) is 9.59 Å². The monoisotopic (exact) mass is 380 g/mol. The predicted molar refractivity (Wildman–Crippen MR) is 102 cm³/mol. The minimum absolute atomic E-state index is 0.00139. The van der Waals surface area contributed by atoms with E-state index >= 15 is 0 Å². The number of nitrogens with one attached hydrogen (secondary N) is 1. The number of ether oxygens (including phenoxy) is 2. The molecule has 28 heavy (non-hydrogen) atoms. The number of hydrogen-bond donors (Lipinski definition) is 1. The molecule has 1 N–H and O–H groups in total. The van der Waals surface area contributed by atoms with Gasteiger partial charge < -0.3 is 14.8 Å². The average Bonchev–Trinajstić information content (AvgIpc) is 3.22. The van der Waals surface area contributed by atoms with Gasteiger partial charge in [-0.3, -0.25) is 9.59 Å². The van der Waals surface area contributed by atoms with Crippen LogP contribution in [0.3, 0.4) is 0 Å². The Balaban J connectivity index is 1.48. The van der Waals surface area contributed by atoms with Crippen molar-refractivity contribution < 1.29 is 19.1 Å². The number of Topliss-reactive ketones (excluding diaryl/α,β-unsaturated/α-hetero) is 1. The zero-order valence-corrected chi connectivity index (χ0v) is 15.6. The van der Waals surface area contributed by atoms with Gasteiger partial charge in [-0.2, -0.15) is 0 Å². The van der Waals surface area contributed by atoms with Gasteiger partial charge in [0.1, 0.15) is 18.1 Å². The number of hydrogen-bond acceptors (Lipinski definition) is 6. The number of aromatic nitrogens is 3. The minimum atomic E-state index is -0.338. The Morgan fingerprint density at radius 2 is 1.71 bits per heavy atom. The van der Waals surface area contributed by atoms with E-state index in [0.29, 0.717) is 17.9 Å². The molecule has 0 fully saturated rings. The van der Waals surface area contributed by atoms with Gasteiger partial charge in [-0.25, -0.2) is 4.68 Å². The smallest absolute Gasteiger partial charge is 0.273 e. The van der Waals surface area contributed by atoms with E-state index in [2.05, 4.69) is 15.6 Å². The number of benzene rings is 2. The van der Waals surface area contributed by atoms with Crippen LogP contribution in [0.2, 0.25) is 0 Å². The van der Waals surface area contributed by atoms with Gasteiger partial charge in [0, 0.05) is 5.56 Å². The fourth-order valence-electron chi connectivity index (χ4n) is 2.44. The van der Waals surface area contributed by atoms with E-state index in [-0.39, 0.29) is 24.0 Å². The van der Waals surface area contributed by atoms with Crippen LogP contribution >= 0.6 is 0 Å². The number of rotatable bonds is 8. The highest BCUT2D eigenvalue weighted by Gasteiger charge is 2.11. The molecule has 0 spiro atoms. The maximum absolute atomic E-state index is 12.2. The van der Waals surface area contributed by atoms with Crippen molar-refractivity contribution >= 4 is 11.7 Å². The Kier molecular flexibility index (Phi) is 6.01. The SMILES string of the molecule is COc1ccc(-n2cc(C(=O)NCCOc3ccc(C(C)=O)cc3)nn2)cc1. The summed E-state index contributed by atoms with van der Waals surface area (Å²) < 4.78 is 12.2. The van der Waals surface area contributed by atoms with Crippen molar-refractivity contribution in [1.82, 2.24) is 20.3 Å². The van der Waals surface area contributed by atoms with Gasteiger partial charge >= 0.3 is 0 Å². The third kappa shape index (κ3) is 4.73. The summed E-state index contributed by atoms with van der Waals surface area (Å²) >= 11 is 0. The van der Waals surface area contributed by atoms with Crippen molar-refractivity contribution in [2.75, 3.05) is 20.3 Å². The van der Waals surface area contributed by atoms with Gasteiger partial charge in [0.05, 0.1) is 25.5 Å². The Bertz CT molecular complexity index is 949. The summed E-state index contributed by atoms with van der Waals surface area (Å²) in [7, 11) is 1.60. The predicted octanol–water partition coefficient (Wildman–Crippen LogP) is 2.29. The Morgan fingerprint density at radius 3 is 2.36 bits per heavy atom. The maximum Gasteiger partial charge on any atom is 0.273 e. The lowest BCUT2D eigenvalue weighted by molar-refractivity contribution is 0.0941. The Morgan fingerprint density at radius 1 is 1.04 bits per heavy atom. The second kappa shape index (κ2) is 8.81. The summed E-state index contributed by atoms with van der Waals surface area (Å²) in [6, 6.07) is 14.1. The molecule has 0 saturated carbocycles. The van der Waals surface area contributed by atoms with Crippen LogP contribution in [0.4, 0.5) is 0 Å². The summed E-state index contributed by atoms with van der Waals surface area (Å²) in [6.45, 7) is 2.11. The topological polar surface area (TPSA) is 95.3 Å². The van der Waals surface area contributed by atoms with Crippen LogP contribution in [-0.4, -0.2) is 46.9 Å². The van der Waals surface area contributed by atoms with E-state index in [1.165, 1.54) is 11.6 Å². The Hall–Kier alpha value is -3.68. The molecule has 0 radical (unpaired) electrons. The van der Waals surface area contributed by atoms with E-state index in [1.54, 1.807) is 49.7 Å². The first-order chi connectivity index (χ1) is 13.6. The molecule has 0 aliphatic heterocycles. The molecule has 144 valence electrons. The molecular weight excluding hydrogens is 360 g/mol. The van der Waals surface area contributed by atoms with Crippen molar-refractivity contribution in [1.29, 1.82) is 0 Å². The molecule has 8 heteroatoms. The summed E-state index contributed by atoms with van der Waals surface area (Å²) in [6.07, 6.45) is 1.55. The second-order valence-electron chi connectivity index (χ2n) is 5.93. The highest BCUT2D eigenvalue weighted by atomic mass is 16.5. The standard InChI is InChI=1S/C20H20N4O4/c1-14(25)15-3-7-18(8-4-15)28-12-11-21-20(26)19-13-24(23-22-19)16-5-9-17(27-2)10-6-16/h3-10,13H,11-12H2,1-2H3,(H,21,26). The van der Waals surface area contributed by atoms with Crippen LogP contribution in [0.25, 0.3) is 5.69 Å². The molecule has 0 unspecified atom stereocenters. The molecule has 1 amide bonds. The van der Waals surface area contributed by atoms with Crippen molar-refractivity contribution in [2.24, 2.45) is 0 Å². The van der Waals surface area contributed by atoms with Crippen LogP contribution in [0.15, 0.2) is 54.7 Å². The fourth-order valence-corrected chi connectivity index (χ4v) is 2.44. The number of nitrogens with zero attached hydrogens (tertiary/aromatic N) is 3. The van der Waals surface area contributed by atoms with Crippen LogP contribution in [-0.2, 0) is 0 Å². The van der Waals surface area contributed by atoms with Crippen molar-refractivity contribution in [3.05, 3.63) is 66.0 Å². The summed E-state index contributed by atoms with van der Waals surface area (Å²) in [5.74, 6) is 1.03. The van der Waals surface area contributed by atoms with Crippen LogP contribution in [0.5, 0.6) is 11.5 Å². The number of amides is 1. The molecule has 0 aliphatic rings. The van der Waals surface area contributed by atoms with Gasteiger partial charge in [-0.1, -0.05) is 5.21 Å². The summed E-state index contributed by atoms with van der Waals surface area (Å²) in [5.41, 5.74) is 1.60. The fraction of sp³-hybridized carbons (Fsp3) is 0.200. The minimum Gasteiger partial charge on any atom is -0.497 e. The van der Waals surface area contributed by atoms with E-state index in [0.717, 1.165) is 11.4 Å². The molecule has 0 atom stereocenters. The van der Waals surface area contributed by atoms with Crippen LogP contribution in [0, 0.1) is 0 Å². The molecule has 0 saturated heterocycles.